The summed E-state index contributed by atoms with van der Waals surface area (Å²) in [7, 11) is 3.30. The number of nitrogens with two attached hydrogens (primary N) is 1. The first-order valence-electron chi connectivity index (χ1n) is 2.59. The zero-order chi connectivity index (χ0) is 7.28. The fourth-order valence-electron chi connectivity index (χ4n) is 0.410. The van der Waals surface area contributed by atoms with Gasteiger partial charge in [0.05, 0.1) is 7.11 Å². The zero-order valence-corrected chi connectivity index (χ0v) is 5.93. The average molecular weight is 130 g/mol. The fourth-order valence-corrected chi connectivity index (χ4v) is 0.410. The summed E-state index contributed by atoms with van der Waals surface area (Å²) in [5, 5.41) is 3.37. The number of methoxy groups -OCH3 is 1. The van der Waals surface area contributed by atoms with E-state index < -0.39 is 0 Å². The molecule has 0 spiro atoms. The normalized spacial score (nSPS) is 13.7. The van der Waals surface area contributed by atoms with Gasteiger partial charge in [0.1, 0.15) is 7.05 Å². The second-order valence-electron chi connectivity index (χ2n) is 1.51. The van der Waals surface area contributed by atoms with Gasteiger partial charge < -0.3 is 10.6 Å². The van der Waals surface area contributed by atoms with Crippen LogP contribution in [0.15, 0.2) is 5.10 Å². The number of ether oxygens (including phenoxy) is 1. The van der Waals surface area contributed by atoms with E-state index in [0.717, 1.165) is 5.71 Å². The average Bonchev–Trinajstić information content (AvgIpc) is 1.90. The first kappa shape index (κ1) is 7.94. The molecule has 4 nitrogen and oxygen atoms in total. The Labute approximate surface area is 54.4 Å². The molecular formula is C5H12N3O+. The lowest BCUT2D eigenvalue weighted by Crippen LogP contribution is -2.69. The summed E-state index contributed by atoms with van der Waals surface area (Å²) in [5.74, 6) is 5.39. The topological polar surface area (TPSA) is 61.6 Å². The van der Waals surface area contributed by atoms with Gasteiger partial charge in [-0.3, -0.25) is 0 Å². The van der Waals surface area contributed by atoms with Crippen LogP contribution < -0.4 is 10.8 Å². The van der Waals surface area contributed by atoms with E-state index in [1.54, 1.807) is 7.05 Å². The molecule has 0 aromatic rings. The third kappa shape index (κ3) is 2.12. The molecule has 0 amide bonds. The molecule has 4 heteroatoms. The summed E-state index contributed by atoms with van der Waals surface area (Å²) in [4.78, 5) is 2.85. The summed E-state index contributed by atoms with van der Waals surface area (Å²) < 4.78 is 4.78. The molecule has 0 aliphatic heterocycles. The molecule has 0 saturated heterocycles. The Morgan fingerprint density at radius 3 is 2.33 bits per heavy atom. The Morgan fingerprint density at radius 2 is 2.22 bits per heavy atom. The van der Waals surface area contributed by atoms with Crippen LogP contribution in [0.25, 0.3) is 0 Å². The molecule has 3 N–H and O–H groups in total. The number of hydrogen-bond acceptors (Lipinski definition) is 3. The van der Waals surface area contributed by atoms with Gasteiger partial charge in [-0.1, -0.05) is 0 Å². The molecule has 0 unspecified atom stereocenters. The van der Waals surface area contributed by atoms with Crippen molar-refractivity contribution in [2.24, 2.45) is 10.9 Å². The molecule has 0 fully saturated rings. The van der Waals surface area contributed by atoms with Crippen LogP contribution in [0.2, 0.25) is 0 Å². The highest BCUT2D eigenvalue weighted by Crippen LogP contribution is 1.74. The number of hydrazone groups is 1. The summed E-state index contributed by atoms with van der Waals surface area (Å²) in [6.45, 7) is 1.83. The molecule has 0 aromatic heterocycles. The number of nitrogens with zero attached hydrogens (tertiary/aromatic N) is 1. The van der Waals surface area contributed by atoms with Crippen molar-refractivity contribution in [3.8, 4) is 0 Å². The minimum Gasteiger partial charge on any atom is -0.476 e. The van der Waals surface area contributed by atoms with Gasteiger partial charge in [0.15, 0.2) is 0 Å². The van der Waals surface area contributed by atoms with Crippen molar-refractivity contribution in [1.29, 1.82) is 0 Å². The Hall–Kier alpha value is -1.06. The molecule has 0 saturated carbocycles. The standard InChI is InChI=1S/C5H11N3O/c1-4(7-2)5(8-6)9-3/h6H2,1-3H3/p+1. The van der Waals surface area contributed by atoms with Gasteiger partial charge in [-0.2, -0.15) is 0 Å². The highest BCUT2D eigenvalue weighted by atomic mass is 16.5. The Kier molecular flexibility index (Phi) is 3.43. The number of hydrogen-bond donors (Lipinski definition) is 2. The van der Waals surface area contributed by atoms with Crippen molar-refractivity contribution in [3.05, 3.63) is 0 Å². The van der Waals surface area contributed by atoms with Crippen LogP contribution in [-0.4, -0.2) is 25.8 Å². The van der Waals surface area contributed by atoms with Gasteiger partial charge in [-0.05, 0) is 0 Å². The fraction of sp³-hybridized carbons (Fsp3) is 0.600. The Bertz CT molecular complexity index is 139. The van der Waals surface area contributed by atoms with Crippen molar-refractivity contribution >= 4 is 11.6 Å². The van der Waals surface area contributed by atoms with Gasteiger partial charge in [-0.25, -0.2) is 4.99 Å². The molecule has 0 rings (SSSR count). The van der Waals surface area contributed by atoms with Crippen LogP contribution in [0.5, 0.6) is 0 Å². The second kappa shape index (κ2) is 3.88. The Morgan fingerprint density at radius 1 is 1.67 bits per heavy atom. The molecule has 0 aliphatic rings. The quantitative estimate of drug-likeness (QED) is 0.188. The summed E-state index contributed by atoms with van der Waals surface area (Å²) in [5.41, 5.74) is 0.819. The van der Waals surface area contributed by atoms with Gasteiger partial charge in [0.25, 0.3) is 5.90 Å². The summed E-state index contributed by atoms with van der Waals surface area (Å²) in [6, 6.07) is 0. The van der Waals surface area contributed by atoms with Gasteiger partial charge in [0.2, 0.25) is 5.71 Å². The number of rotatable bonds is 1. The molecule has 52 valence electrons. The minimum absolute atomic E-state index is 0.428. The largest absolute Gasteiger partial charge is 0.476 e. The molecule has 0 aromatic carbocycles. The van der Waals surface area contributed by atoms with Crippen molar-refractivity contribution < 1.29 is 9.73 Å². The predicted molar refractivity (Wildman–Crippen MR) is 36.2 cm³/mol. The summed E-state index contributed by atoms with van der Waals surface area (Å²) in [6.07, 6.45) is 0. The third-order valence-electron chi connectivity index (χ3n) is 1.01. The monoisotopic (exact) mass is 130 g/mol. The smallest absolute Gasteiger partial charge is 0.298 e. The van der Waals surface area contributed by atoms with Gasteiger partial charge in [-0.15, -0.1) is 5.10 Å². The van der Waals surface area contributed by atoms with E-state index in [0.29, 0.717) is 5.90 Å². The Balaban J connectivity index is 4.14. The molecule has 0 bridgehead atoms. The molecule has 0 atom stereocenters. The molecule has 9 heavy (non-hydrogen) atoms. The van der Waals surface area contributed by atoms with E-state index in [4.69, 9.17) is 10.6 Å². The van der Waals surface area contributed by atoms with Crippen LogP contribution in [-0.2, 0) is 4.74 Å². The summed E-state index contributed by atoms with van der Waals surface area (Å²) >= 11 is 0. The first-order chi connectivity index (χ1) is 4.26. The molecule has 0 heterocycles. The minimum atomic E-state index is 0.428. The van der Waals surface area contributed by atoms with E-state index in [1.807, 2.05) is 6.92 Å². The third-order valence-corrected chi connectivity index (χ3v) is 1.01. The SMILES string of the molecule is C[NH+]=C(C)C(=NN)OC. The highest BCUT2D eigenvalue weighted by molar-refractivity contribution is 6.35. The van der Waals surface area contributed by atoms with Crippen molar-refractivity contribution in [2.45, 2.75) is 6.92 Å². The van der Waals surface area contributed by atoms with E-state index in [9.17, 15) is 0 Å². The first-order valence-corrected chi connectivity index (χ1v) is 2.59. The van der Waals surface area contributed by atoms with Crippen LogP contribution in [0, 0.1) is 0 Å². The lowest BCUT2D eigenvalue weighted by Gasteiger charge is -1.94. The second-order valence-corrected chi connectivity index (χ2v) is 1.51. The molecule has 0 aliphatic carbocycles. The maximum Gasteiger partial charge on any atom is 0.298 e. The number of nitrogens with one attached hydrogen (secondary N) is 1. The lowest BCUT2D eigenvalue weighted by molar-refractivity contribution is -0.418. The zero-order valence-electron chi connectivity index (χ0n) is 5.93. The van der Waals surface area contributed by atoms with Crippen molar-refractivity contribution in [3.63, 3.8) is 0 Å². The van der Waals surface area contributed by atoms with E-state index in [2.05, 4.69) is 10.1 Å². The van der Waals surface area contributed by atoms with Gasteiger partial charge >= 0.3 is 0 Å². The van der Waals surface area contributed by atoms with E-state index in [1.165, 1.54) is 7.11 Å². The predicted octanol–water partition coefficient (Wildman–Crippen LogP) is -1.92. The lowest BCUT2D eigenvalue weighted by atomic mass is 10.4. The highest BCUT2D eigenvalue weighted by Gasteiger charge is 2.05. The van der Waals surface area contributed by atoms with Crippen LogP contribution in [0.1, 0.15) is 6.92 Å². The maximum atomic E-state index is 4.96. The van der Waals surface area contributed by atoms with E-state index in [-0.39, 0.29) is 0 Å². The van der Waals surface area contributed by atoms with Crippen molar-refractivity contribution in [1.82, 2.24) is 0 Å². The van der Waals surface area contributed by atoms with Crippen LogP contribution in [0.3, 0.4) is 0 Å². The maximum absolute atomic E-state index is 4.96. The van der Waals surface area contributed by atoms with Crippen molar-refractivity contribution in [2.75, 3.05) is 14.2 Å². The molecule has 0 radical (unpaired) electrons. The van der Waals surface area contributed by atoms with Gasteiger partial charge in [0, 0.05) is 6.92 Å². The van der Waals surface area contributed by atoms with E-state index >= 15 is 0 Å². The van der Waals surface area contributed by atoms with Crippen LogP contribution >= 0.6 is 0 Å². The van der Waals surface area contributed by atoms with Crippen LogP contribution in [0.4, 0.5) is 0 Å². The molecular weight excluding hydrogens is 118 g/mol.